The van der Waals surface area contributed by atoms with Crippen LogP contribution < -0.4 is 20.1 Å². The first-order chi connectivity index (χ1) is 27.8. The molecule has 0 aromatic heterocycles. The molecule has 0 spiro atoms. The van der Waals surface area contributed by atoms with Crippen molar-refractivity contribution in [1.29, 1.82) is 0 Å². The SMILES string of the molecule is CC1(C)c2cc3c(cc2C(c2c(Cl)cccc2Cl)=c2cc4c(cc21)=[N+](CCCC(=O)O)CCC4)C(CS(=O)(=O)O)=CC(C)(C)N3Cc1ccc(S(=O)(=O)O)cc1S(=O)(=O)O. The molecule has 4 aromatic rings. The van der Waals surface area contributed by atoms with Gasteiger partial charge in [0, 0.05) is 63.3 Å². The number of benzene rings is 4. The van der Waals surface area contributed by atoms with Crippen molar-refractivity contribution in [3.05, 3.63) is 126 Å². The molecule has 318 valence electrons. The highest BCUT2D eigenvalue weighted by Gasteiger charge is 2.41. The van der Waals surface area contributed by atoms with Crippen LogP contribution in [-0.4, -0.2) is 74.4 Å². The summed E-state index contributed by atoms with van der Waals surface area (Å²) in [5.41, 5.74) is 3.80. The van der Waals surface area contributed by atoms with E-state index in [0.717, 1.165) is 52.7 Å². The molecule has 4 aromatic carbocycles. The van der Waals surface area contributed by atoms with Crippen LogP contribution in [0.5, 0.6) is 0 Å². The van der Waals surface area contributed by atoms with Gasteiger partial charge in [0.2, 0.25) is 5.36 Å². The third-order valence-corrected chi connectivity index (χ3v) is 14.7. The van der Waals surface area contributed by atoms with Crippen molar-refractivity contribution >= 4 is 76.4 Å². The number of carboxylic acids is 1. The average Bonchev–Trinajstić information content (AvgIpc) is 3.12. The maximum absolute atomic E-state index is 12.7. The third-order valence-electron chi connectivity index (χ3n) is 11.6. The second-order valence-corrected chi connectivity index (χ2v) is 21.6. The number of halogens is 2. The van der Waals surface area contributed by atoms with E-state index in [2.05, 4.69) is 16.7 Å². The molecular weight excluding hydrogens is 876 g/mol. The van der Waals surface area contributed by atoms with Crippen molar-refractivity contribution in [1.82, 2.24) is 4.58 Å². The minimum Gasteiger partial charge on any atom is -0.481 e. The summed E-state index contributed by atoms with van der Waals surface area (Å²) in [4.78, 5) is 11.7. The van der Waals surface area contributed by atoms with Crippen LogP contribution >= 0.6 is 23.2 Å². The fraction of sp³-hybridized carbons (Fsp3) is 0.333. The Morgan fingerprint density at radius 3 is 2.15 bits per heavy atom. The topological polar surface area (TPSA) is 207 Å². The summed E-state index contributed by atoms with van der Waals surface area (Å²) < 4.78 is 107. The zero-order valence-corrected chi connectivity index (χ0v) is 37.0. The van der Waals surface area contributed by atoms with Gasteiger partial charge in [-0.05, 0) is 101 Å². The molecule has 0 amide bonds. The number of anilines is 1. The van der Waals surface area contributed by atoms with E-state index in [1.807, 2.05) is 26.0 Å². The monoisotopic (exact) mass is 917 g/mol. The second kappa shape index (κ2) is 15.3. The first-order valence-corrected chi connectivity index (χ1v) is 24.2. The molecule has 0 radical (unpaired) electrons. The van der Waals surface area contributed by atoms with E-state index < -0.39 is 62.8 Å². The maximum Gasteiger partial charge on any atom is 0.303 e. The number of rotatable bonds is 11. The van der Waals surface area contributed by atoms with E-state index in [-0.39, 0.29) is 24.1 Å². The summed E-state index contributed by atoms with van der Waals surface area (Å²) in [5.74, 6) is -1.63. The fourth-order valence-corrected chi connectivity index (χ4v) is 11.4. The van der Waals surface area contributed by atoms with Gasteiger partial charge in [-0.3, -0.25) is 18.5 Å². The van der Waals surface area contributed by atoms with Crippen LogP contribution in [0.25, 0.3) is 11.1 Å². The molecule has 3 aliphatic rings. The minimum atomic E-state index is -5.04. The van der Waals surface area contributed by atoms with E-state index in [9.17, 15) is 48.8 Å². The highest BCUT2D eigenvalue weighted by Crippen LogP contribution is 2.49. The lowest BCUT2D eigenvalue weighted by atomic mass is 9.67. The zero-order valence-electron chi connectivity index (χ0n) is 33.0. The molecule has 60 heavy (non-hydrogen) atoms. The molecule has 0 atom stereocenters. The van der Waals surface area contributed by atoms with Crippen molar-refractivity contribution in [3.63, 3.8) is 0 Å². The van der Waals surface area contributed by atoms with Crippen LogP contribution in [0, 0.1) is 0 Å². The van der Waals surface area contributed by atoms with E-state index in [1.54, 1.807) is 43.0 Å². The molecule has 0 saturated carbocycles. The molecule has 13 nitrogen and oxygen atoms in total. The smallest absolute Gasteiger partial charge is 0.303 e. The Labute approximate surface area is 358 Å². The van der Waals surface area contributed by atoms with Crippen molar-refractivity contribution in [2.75, 3.05) is 23.7 Å². The molecule has 2 aliphatic heterocycles. The lowest BCUT2D eigenvalue weighted by molar-refractivity contribution is -0.137. The van der Waals surface area contributed by atoms with Crippen LogP contribution in [0.3, 0.4) is 0 Å². The molecule has 0 bridgehead atoms. The standard InChI is InChI=1S/C42H42Cl2N2O11S3/c1-41(2)21-26(23-58(49,50)51)28-18-30-32(20-36(28)46(41)22-25-12-13-27(59(52,53)54)17-37(25)60(55,56)57)42(3,4)31-19-35-24(8-6-14-45(35)15-7-11-38(47)48)16-29(31)39(30)40-33(43)9-5-10-34(40)44/h5,9-10,12-13,16-21H,6-8,11,14-15,22-23H2,1-4H3,(H3-,47,48,49,50,51,52,53,54,55,56,57)/p+1. The normalized spacial score (nSPS) is 17.0. The van der Waals surface area contributed by atoms with Gasteiger partial charge in [0.1, 0.15) is 23.7 Å². The van der Waals surface area contributed by atoms with E-state index in [1.165, 1.54) is 6.07 Å². The van der Waals surface area contributed by atoms with Crippen molar-refractivity contribution < 1.29 is 48.8 Å². The second-order valence-electron chi connectivity index (χ2n) is 16.5. The van der Waals surface area contributed by atoms with Crippen molar-refractivity contribution in [3.8, 4) is 0 Å². The van der Waals surface area contributed by atoms with Gasteiger partial charge >= 0.3 is 5.97 Å². The van der Waals surface area contributed by atoms with Gasteiger partial charge < -0.3 is 10.0 Å². The summed E-state index contributed by atoms with van der Waals surface area (Å²) >= 11 is 14.0. The molecule has 18 heteroatoms. The highest BCUT2D eigenvalue weighted by molar-refractivity contribution is 7.86. The molecule has 1 aliphatic carbocycles. The third kappa shape index (κ3) is 8.28. The summed E-state index contributed by atoms with van der Waals surface area (Å²) in [7, 11) is -14.5. The van der Waals surface area contributed by atoms with Gasteiger partial charge in [0.25, 0.3) is 30.4 Å². The van der Waals surface area contributed by atoms with Crippen LogP contribution in [0.1, 0.15) is 85.9 Å². The number of nitrogens with zero attached hydrogens (tertiary/aromatic N) is 2. The first kappa shape index (κ1) is 43.9. The number of hydrogen-bond donors (Lipinski definition) is 4. The predicted octanol–water partition coefficient (Wildman–Crippen LogP) is 5.75. The van der Waals surface area contributed by atoms with Crippen LogP contribution in [-0.2, 0) is 53.5 Å². The highest BCUT2D eigenvalue weighted by atomic mass is 35.5. The Morgan fingerprint density at radius 2 is 1.53 bits per heavy atom. The molecule has 0 fully saturated rings. The number of aryl methyl sites for hydroxylation is 1. The lowest BCUT2D eigenvalue weighted by Crippen LogP contribution is -2.46. The van der Waals surface area contributed by atoms with Gasteiger partial charge in [-0.2, -0.15) is 25.3 Å². The zero-order chi connectivity index (χ0) is 43.9. The first-order valence-electron chi connectivity index (χ1n) is 19.0. The summed E-state index contributed by atoms with van der Waals surface area (Å²) in [6.07, 6.45) is 3.75. The summed E-state index contributed by atoms with van der Waals surface area (Å²) in [6.45, 7) is 8.63. The van der Waals surface area contributed by atoms with Crippen LogP contribution in [0.2, 0.25) is 10.0 Å². The van der Waals surface area contributed by atoms with Crippen molar-refractivity contribution in [2.45, 2.75) is 80.7 Å². The Balaban J connectivity index is 1.56. The van der Waals surface area contributed by atoms with E-state index >= 15 is 0 Å². The Bertz CT molecular complexity index is 3010. The summed E-state index contributed by atoms with van der Waals surface area (Å²) in [5, 5.41) is 11.9. The number of aliphatic carboxylic acids is 1. The minimum absolute atomic E-state index is 0.0254. The fourth-order valence-electron chi connectivity index (χ4n) is 8.91. The predicted molar refractivity (Wildman–Crippen MR) is 229 cm³/mol. The number of carboxylic acid groups (broad SMARTS) is 1. The molecular formula is C42H43Cl2N2O11S3+. The summed E-state index contributed by atoms with van der Waals surface area (Å²) in [6, 6.07) is 16.0. The number of fused-ring (bicyclic) bond motifs is 4. The van der Waals surface area contributed by atoms with Crippen molar-refractivity contribution in [2.24, 2.45) is 0 Å². The van der Waals surface area contributed by atoms with Gasteiger partial charge in [0.05, 0.1) is 16.9 Å². The largest absolute Gasteiger partial charge is 0.481 e. The molecule has 2 heterocycles. The van der Waals surface area contributed by atoms with E-state index in [4.69, 9.17) is 23.2 Å². The van der Waals surface area contributed by atoms with Gasteiger partial charge in [-0.25, -0.2) is 4.58 Å². The quantitative estimate of drug-likeness (QED) is 0.105. The molecule has 7 rings (SSSR count). The maximum atomic E-state index is 12.7. The number of carbonyl (C=O) groups is 1. The van der Waals surface area contributed by atoms with Crippen LogP contribution in [0.15, 0.2) is 76.5 Å². The molecule has 0 saturated heterocycles. The molecule has 4 N–H and O–H groups in total. The van der Waals surface area contributed by atoms with Crippen LogP contribution in [0.4, 0.5) is 5.69 Å². The molecule has 0 unspecified atom stereocenters. The Kier molecular flexibility index (Phi) is 11.2. The lowest BCUT2D eigenvalue weighted by Gasteiger charge is -2.45. The Hall–Kier alpha value is -4.13. The average molecular weight is 919 g/mol. The van der Waals surface area contributed by atoms with E-state index in [0.29, 0.717) is 57.0 Å². The van der Waals surface area contributed by atoms with Gasteiger partial charge in [0.15, 0.2) is 0 Å². The Morgan fingerprint density at radius 1 is 0.850 bits per heavy atom. The number of hydrogen-bond acceptors (Lipinski definition) is 8. The van der Waals surface area contributed by atoms with Gasteiger partial charge in [-0.15, -0.1) is 0 Å². The van der Waals surface area contributed by atoms with Gasteiger partial charge in [-0.1, -0.05) is 55.3 Å².